The second-order valence-electron chi connectivity index (χ2n) is 18.5. The molecule has 0 aliphatic rings. The number of phosphoric acid groups is 1. The van der Waals surface area contributed by atoms with Gasteiger partial charge in [0.15, 0.2) is 0 Å². The van der Waals surface area contributed by atoms with Gasteiger partial charge in [-0.25, -0.2) is 4.57 Å². The number of carbonyl (C=O) groups excluding carboxylic acids is 1. The maximum Gasteiger partial charge on any atom is 0.472 e. The highest BCUT2D eigenvalue weighted by atomic mass is 31.2. The highest BCUT2D eigenvalue weighted by Gasteiger charge is 2.26. The maximum absolute atomic E-state index is 12.7. The molecular weight excluding hydrogens is 854 g/mol. The third-order valence-corrected chi connectivity index (χ3v) is 11.8. The molecule has 2 unspecified atom stereocenters. The minimum atomic E-state index is -4.31. The second-order valence-corrected chi connectivity index (χ2v) is 20.0. The Kier molecular flexibility index (Phi) is 47.5. The van der Waals surface area contributed by atoms with E-state index in [1.165, 1.54) is 103 Å². The van der Waals surface area contributed by atoms with Crippen molar-refractivity contribution >= 4 is 13.8 Å². The molecule has 0 amide bonds. The molecule has 0 aliphatic heterocycles. The van der Waals surface area contributed by atoms with Crippen LogP contribution in [0.2, 0.25) is 0 Å². The summed E-state index contributed by atoms with van der Waals surface area (Å²) in [6.07, 6.45) is 70.2. The van der Waals surface area contributed by atoms with Crippen LogP contribution in [0.5, 0.6) is 0 Å². The van der Waals surface area contributed by atoms with Crippen molar-refractivity contribution in [2.24, 2.45) is 0 Å². The number of rotatable bonds is 48. The summed E-state index contributed by atoms with van der Waals surface area (Å²) in [5, 5.41) is 0. The normalized spacial score (nSPS) is 14.4. The minimum absolute atomic E-state index is 0.0685. The van der Waals surface area contributed by atoms with Crippen LogP contribution in [-0.2, 0) is 27.9 Å². The summed E-state index contributed by atoms with van der Waals surface area (Å²) < 4.78 is 35.1. The van der Waals surface area contributed by atoms with E-state index in [9.17, 15) is 14.3 Å². The number of carbonyl (C=O) groups is 1. The Hall–Kier alpha value is -2.84. The van der Waals surface area contributed by atoms with Crippen LogP contribution < -0.4 is 0 Å². The number of esters is 1. The van der Waals surface area contributed by atoms with E-state index in [0.29, 0.717) is 24.1 Å². The molecule has 0 radical (unpaired) electrons. The van der Waals surface area contributed by atoms with Crippen LogP contribution in [0.4, 0.5) is 0 Å². The van der Waals surface area contributed by atoms with E-state index < -0.39 is 19.9 Å². The maximum atomic E-state index is 12.7. The van der Waals surface area contributed by atoms with Crippen molar-refractivity contribution < 1.29 is 37.3 Å². The van der Waals surface area contributed by atoms with E-state index in [0.717, 1.165) is 64.2 Å². The first-order valence-corrected chi connectivity index (χ1v) is 28.1. The average molecular weight is 955 g/mol. The topological polar surface area (TPSA) is 91.3 Å². The van der Waals surface area contributed by atoms with Gasteiger partial charge in [-0.1, -0.05) is 207 Å². The summed E-state index contributed by atoms with van der Waals surface area (Å²) in [4.78, 5) is 23.0. The first kappa shape index (κ1) is 64.2. The molecule has 0 fully saturated rings. The Morgan fingerprint density at radius 3 is 1.30 bits per heavy atom. The van der Waals surface area contributed by atoms with Crippen LogP contribution in [-0.4, -0.2) is 75.6 Å². The fourth-order valence-electron chi connectivity index (χ4n) is 6.76. The van der Waals surface area contributed by atoms with Crippen molar-refractivity contribution in [2.75, 3.05) is 54.1 Å². The molecule has 0 aromatic carbocycles. The fourth-order valence-corrected chi connectivity index (χ4v) is 7.50. The highest BCUT2D eigenvalue weighted by Crippen LogP contribution is 2.43. The fraction of sp³-hybridized carbons (Fsp3) is 0.672. The van der Waals surface area contributed by atoms with Crippen LogP contribution in [0.3, 0.4) is 0 Å². The van der Waals surface area contributed by atoms with Crippen molar-refractivity contribution in [2.45, 2.75) is 200 Å². The molecule has 0 spiro atoms. The minimum Gasteiger partial charge on any atom is -0.457 e. The van der Waals surface area contributed by atoms with Crippen LogP contribution >= 0.6 is 7.82 Å². The van der Waals surface area contributed by atoms with E-state index in [1.807, 2.05) is 33.3 Å². The van der Waals surface area contributed by atoms with Crippen LogP contribution in [0, 0.1) is 0 Å². The SMILES string of the molecule is CC/C=C\C/C=C\C/C=C\C/C=C\C/C=C\C/C=C\CCC(=O)OC(COCCCCCCCCCCCCC/C=C\C/C=C\C/C=C\CCCCCCC)COP(=O)(O)OCC[N+](C)(C)C. The smallest absolute Gasteiger partial charge is 0.457 e. The molecule has 9 heteroatoms. The first-order valence-electron chi connectivity index (χ1n) is 26.6. The lowest BCUT2D eigenvalue weighted by atomic mass is 10.1. The Bertz CT molecular complexity index is 1430. The summed E-state index contributed by atoms with van der Waals surface area (Å²) in [5.74, 6) is -0.399. The van der Waals surface area contributed by atoms with Gasteiger partial charge in [-0.2, -0.15) is 0 Å². The van der Waals surface area contributed by atoms with Crippen molar-refractivity contribution in [3.63, 3.8) is 0 Å². The molecule has 0 rings (SSSR count). The number of hydrogen-bond acceptors (Lipinski definition) is 6. The standard InChI is InChI=1S/C58H100NO7P/c1-6-8-10-12-14-16-18-20-22-24-26-27-28-29-30-31-32-34-36-38-40-42-44-46-48-50-53-63-55-57(56-65-67(61,62)64-54-52-59(3,4)5)66-58(60)51-49-47-45-43-41-39-37-35-33-25-23-21-19-17-15-13-11-9-7-2/h9,11,15,17-18,20-21,23-24,26,28-29,33,35,39,41,45,47,57H,6-8,10,12-14,16,19,22,25,27,30-32,34,36-38,40,42-44,46,48-56H2,1-5H3/p+1/b11-9-,17-15-,20-18-,23-21-,26-24-,29-28-,35-33-,41-39-,47-45-. The first-order chi connectivity index (χ1) is 32.6. The molecule has 2 atom stereocenters. The summed E-state index contributed by atoms with van der Waals surface area (Å²) in [6.45, 7) is 5.37. The highest BCUT2D eigenvalue weighted by molar-refractivity contribution is 7.47. The quantitative estimate of drug-likeness (QED) is 0.0214. The van der Waals surface area contributed by atoms with Crippen molar-refractivity contribution in [1.29, 1.82) is 0 Å². The predicted octanol–water partition coefficient (Wildman–Crippen LogP) is 16.7. The Morgan fingerprint density at radius 2 is 0.866 bits per heavy atom. The van der Waals surface area contributed by atoms with Gasteiger partial charge in [0, 0.05) is 13.0 Å². The molecule has 1 N–H and O–H groups in total. The third kappa shape index (κ3) is 54.0. The van der Waals surface area contributed by atoms with Crippen LogP contribution in [0.25, 0.3) is 0 Å². The summed E-state index contributed by atoms with van der Waals surface area (Å²) in [7, 11) is 1.60. The number of likely N-dealkylation sites (N-methyl/N-ethyl adjacent to an activating group) is 1. The zero-order valence-corrected chi connectivity index (χ0v) is 44.5. The van der Waals surface area contributed by atoms with Crippen molar-refractivity contribution in [1.82, 2.24) is 0 Å². The molecule has 0 aromatic heterocycles. The van der Waals surface area contributed by atoms with Gasteiger partial charge in [-0.3, -0.25) is 13.8 Å². The molecule has 384 valence electrons. The van der Waals surface area contributed by atoms with E-state index in [2.05, 4.69) is 111 Å². The molecule has 67 heavy (non-hydrogen) atoms. The van der Waals surface area contributed by atoms with Gasteiger partial charge in [-0.15, -0.1) is 0 Å². The summed E-state index contributed by atoms with van der Waals surface area (Å²) in [6, 6.07) is 0. The second kappa shape index (κ2) is 49.6. The number of phosphoric ester groups is 1. The molecule has 0 bridgehead atoms. The van der Waals surface area contributed by atoms with Crippen molar-refractivity contribution in [3.05, 3.63) is 109 Å². The van der Waals surface area contributed by atoms with Gasteiger partial charge < -0.3 is 18.9 Å². The molecule has 8 nitrogen and oxygen atoms in total. The lowest BCUT2D eigenvalue weighted by molar-refractivity contribution is -0.870. The number of unbranched alkanes of at least 4 members (excludes halogenated alkanes) is 16. The van der Waals surface area contributed by atoms with Gasteiger partial charge in [-0.05, 0) is 89.9 Å². The molecule has 0 saturated heterocycles. The number of ether oxygens (including phenoxy) is 2. The number of nitrogens with zero attached hydrogens (tertiary/aromatic N) is 1. The van der Waals surface area contributed by atoms with Gasteiger partial charge in [0.1, 0.15) is 19.3 Å². The Labute approximate surface area is 412 Å². The zero-order chi connectivity index (χ0) is 49.0. The number of hydrogen-bond donors (Lipinski definition) is 1. The number of quaternary nitrogens is 1. The monoisotopic (exact) mass is 955 g/mol. The van der Waals surface area contributed by atoms with E-state index >= 15 is 0 Å². The zero-order valence-electron chi connectivity index (χ0n) is 43.6. The summed E-state index contributed by atoms with van der Waals surface area (Å²) in [5.41, 5.74) is 0. The van der Waals surface area contributed by atoms with Gasteiger partial charge in [0.05, 0.1) is 34.4 Å². The molecule has 0 saturated carbocycles. The molecule has 0 heterocycles. The largest absolute Gasteiger partial charge is 0.472 e. The molecule has 0 aromatic rings. The molecular formula is C58H101NO7P+. The third-order valence-electron chi connectivity index (χ3n) is 10.8. The van der Waals surface area contributed by atoms with Crippen LogP contribution in [0.1, 0.15) is 194 Å². The van der Waals surface area contributed by atoms with Gasteiger partial charge >= 0.3 is 13.8 Å². The van der Waals surface area contributed by atoms with E-state index in [1.54, 1.807) is 0 Å². The van der Waals surface area contributed by atoms with E-state index in [4.69, 9.17) is 18.5 Å². The predicted molar refractivity (Wildman–Crippen MR) is 288 cm³/mol. The van der Waals surface area contributed by atoms with E-state index in [-0.39, 0.29) is 26.2 Å². The number of allylic oxidation sites excluding steroid dienone is 18. The average Bonchev–Trinajstić information content (AvgIpc) is 3.29. The Morgan fingerprint density at radius 1 is 0.478 bits per heavy atom. The van der Waals surface area contributed by atoms with Crippen LogP contribution in [0.15, 0.2) is 109 Å². The Balaban J connectivity index is 4.23. The lowest BCUT2D eigenvalue weighted by Crippen LogP contribution is -2.37. The van der Waals surface area contributed by atoms with Gasteiger partial charge in [0.2, 0.25) is 0 Å². The lowest BCUT2D eigenvalue weighted by Gasteiger charge is -2.24. The molecule has 0 aliphatic carbocycles. The van der Waals surface area contributed by atoms with Gasteiger partial charge in [0.25, 0.3) is 0 Å². The summed E-state index contributed by atoms with van der Waals surface area (Å²) >= 11 is 0. The van der Waals surface area contributed by atoms with Crippen molar-refractivity contribution in [3.8, 4) is 0 Å².